The van der Waals surface area contributed by atoms with Crippen molar-refractivity contribution < 1.29 is 4.79 Å². The monoisotopic (exact) mass is 400 g/mol. The SMILES string of the molecule is N#CC(C#N)C(CC(=O)c1ccc(I)cc1)c1ccccc1. The van der Waals surface area contributed by atoms with Crippen molar-refractivity contribution >= 4 is 28.4 Å². The Morgan fingerprint density at radius 3 is 2.14 bits per heavy atom. The van der Waals surface area contributed by atoms with E-state index >= 15 is 0 Å². The Balaban J connectivity index is 2.27. The normalized spacial score (nSPS) is 11.5. The van der Waals surface area contributed by atoms with E-state index in [4.69, 9.17) is 0 Å². The minimum absolute atomic E-state index is 0.0549. The highest BCUT2D eigenvalue weighted by atomic mass is 127. The van der Waals surface area contributed by atoms with Crippen LogP contribution in [0, 0.1) is 32.2 Å². The van der Waals surface area contributed by atoms with Gasteiger partial charge in [0.25, 0.3) is 0 Å². The molecular formula is C18H13IN2O. The third-order valence-corrected chi connectivity index (χ3v) is 4.20. The van der Waals surface area contributed by atoms with Crippen LogP contribution in [0.25, 0.3) is 0 Å². The molecule has 0 aliphatic heterocycles. The molecule has 0 aromatic heterocycles. The largest absolute Gasteiger partial charge is 0.294 e. The van der Waals surface area contributed by atoms with Gasteiger partial charge in [-0.3, -0.25) is 4.79 Å². The molecule has 0 fully saturated rings. The van der Waals surface area contributed by atoms with Gasteiger partial charge in [-0.05, 0) is 40.3 Å². The Labute approximate surface area is 143 Å². The fraction of sp³-hybridized carbons (Fsp3) is 0.167. The number of halogens is 1. The summed E-state index contributed by atoms with van der Waals surface area (Å²) in [6, 6.07) is 20.6. The Hall–Kier alpha value is -2.18. The Bertz CT molecular complexity index is 712. The zero-order valence-electron chi connectivity index (χ0n) is 11.7. The second kappa shape index (κ2) is 7.72. The van der Waals surface area contributed by atoms with Gasteiger partial charge in [0, 0.05) is 21.5 Å². The van der Waals surface area contributed by atoms with Gasteiger partial charge in [0.05, 0.1) is 12.1 Å². The van der Waals surface area contributed by atoms with Gasteiger partial charge < -0.3 is 0 Å². The predicted molar refractivity (Wildman–Crippen MR) is 92.0 cm³/mol. The maximum Gasteiger partial charge on any atom is 0.163 e. The highest BCUT2D eigenvalue weighted by molar-refractivity contribution is 14.1. The topological polar surface area (TPSA) is 64.7 Å². The molecule has 0 N–H and O–H groups in total. The summed E-state index contributed by atoms with van der Waals surface area (Å²) in [7, 11) is 0. The van der Waals surface area contributed by atoms with Crippen molar-refractivity contribution in [2.24, 2.45) is 5.92 Å². The van der Waals surface area contributed by atoms with Crippen LogP contribution in [0.4, 0.5) is 0 Å². The molecule has 1 atom stereocenters. The number of hydrogen-bond acceptors (Lipinski definition) is 3. The summed E-state index contributed by atoms with van der Waals surface area (Å²) in [6.07, 6.45) is 0.149. The number of hydrogen-bond donors (Lipinski definition) is 0. The summed E-state index contributed by atoms with van der Waals surface area (Å²) in [5.74, 6) is -1.31. The van der Waals surface area contributed by atoms with Gasteiger partial charge in [-0.2, -0.15) is 10.5 Å². The van der Waals surface area contributed by atoms with Gasteiger partial charge in [-0.15, -0.1) is 0 Å². The third kappa shape index (κ3) is 3.93. The Morgan fingerprint density at radius 1 is 1.00 bits per heavy atom. The quantitative estimate of drug-likeness (QED) is 0.555. The molecule has 2 aromatic rings. The minimum Gasteiger partial charge on any atom is -0.294 e. The highest BCUT2D eigenvalue weighted by Gasteiger charge is 2.26. The van der Waals surface area contributed by atoms with Crippen molar-refractivity contribution in [2.45, 2.75) is 12.3 Å². The van der Waals surface area contributed by atoms with Crippen molar-refractivity contribution in [3.63, 3.8) is 0 Å². The summed E-state index contributed by atoms with van der Waals surface area (Å²) < 4.78 is 1.06. The van der Waals surface area contributed by atoms with Crippen LogP contribution in [-0.4, -0.2) is 5.78 Å². The van der Waals surface area contributed by atoms with E-state index in [1.165, 1.54) is 0 Å². The van der Waals surface area contributed by atoms with Gasteiger partial charge in [0.2, 0.25) is 0 Å². The molecule has 1 unspecified atom stereocenters. The van der Waals surface area contributed by atoms with Crippen molar-refractivity contribution in [2.75, 3.05) is 0 Å². The molecule has 22 heavy (non-hydrogen) atoms. The van der Waals surface area contributed by atoms with Crippen molar-refractivity contribution in [3.05, 3.63) is 69.3 Å². The van der Waals surface area contributed by atoms with E-state index in [2.05, 4.69) is 22.6 Å². The highest BCUT2D eigenvalue weighted by Crippen LogP contribution is 2.29. The molecule has 0 saturated carbocycles. The second-order valence-electron chi connectivity index (χ2n) is 4.89. The molecule has 4 heteroatoms. The molecule has 0 bridgehead atoms. The first kappa shape index (κ1) is 16.2. The number of carbonyl (C=O) groups is 1. The Morgan fingerprint density at radius 2 is 1.59 bits per heavy atom. The van der Waals surface area contributed by atoms with Gasteiger partial charge in [-0.1, -0.05) is 42.5 Å². The zero-order valence-corrected chi connectivity index (χ0v) is 13.9. The number of Topliss-reactive ketones (excluding diaryl/α,β-unsaturated/α-hetero) is 1. The number of nitriles is 2. The minimum atomic E-state index is -0.838. The molecule has 2 aromatic carbocycles. The van der Waals surface area contributed by atoms with E-state index in [1.807, 2.05) is 54.6 Å². The predicted octanol–water partition coefficient (Wildman–Crippen LogP) is 4.31. The number of benzene rings is 2. The van der Waals surface area contributed by atoms with Crippen LogP contribution in [0.1, 0.15) is 28.3 Å². The van der Waals surface area contributed by atoms with Gasteiger partial charge in [0.1, 0.15) is 5.92 Å². The first-order chi connectivity index (χ1) is 10.7. The standard InChI is InChI=1S/C18H13IN2O/c19-16-8-6-14(7-9-16)18(22)10-17(15(11-20)12-21)13-4-2-1-3-5-13/h1-9,15,17H,10H2. The Kier molecular flexibility index (Phi) is 5.68. The van der Waals surface area contributed by atoms with Gasteiger partial charge >= 0.3 is 0 Å². The van der Waals surface area contributed by atoms with Crippen molar-refractivity contribution in [1.29, 1.82) is 10.5 Å². The second-order valence-corrected chi connectivity index (χ2v) is 6.13. The molecule has 0 radical (unpaired) electrons. The molecule has 0 amide bonds. The van der Waals surface area contributed by atoms with Gasteiger partial charge in [-0.25, -0.2) is 0 Å². The molecular weight excluding hydrogens is 387 g/mol. The fourth-order valence-corrected chi connectivity index (χ4v) is 2.65. The zero-order chi connectivity index (χ0) is 15.9. The van der Waals surface area contributed by atoms with Crippen molar-refractivity contribution in [1.82, 2.24) is 0 Å². The summed E-state index contributed by atoms with van der Waals surface area (Å²) in [4.78, 5) is 12.5. The molecule has 0 aliphatic rings. The first-order valence-corrected chi connectivity index (χ1v) is 7.86. The van der Waals surface area contributed by atoms with Crippen LogP contribution in [0.15, 0.2) is 54.6 Å². The lowest BCUT2D eigenvalue weighted by Crippen LogP contribution is -2.15. The molecule has 0 heterocycles. The number of nitrogens with zero attached hydrogens (tertiary/aromatic N) is 2. The first-order valence-electron chi connectivity index (χ1n) is 6.78. The summed E-state index contributed by atoms with van der Waals surface area (Å²) in [5, 5.41) is 18.4. The fourth-order valence-electron chi connectivity index (χ4n) is 2.29. The number of rotatable bonds is 5. The molecule has 108 valence electrons. The maximum atomic E-state index is 12.5. The van der Waals surface area contributed by atoms with E-state index in [1.54, 1.807) is 12.1 Å². The summed E-state index contributed by atoms with van der Waals surface area (Å²) in [5.41, 5.74) is 1.45. The molecule has 0 saturated heterocycles. The molecule has 3 nitrogen and oxygen atoms in total. The van der Waals surface area contributed by atoms with Crippen LogP contribution in [0.3, 0.4) is 0 Å². The number of carbonyl (C=O) groups excluding carboxylic acids is 1. The average molecular weight is 400 g/mol. The molecule has 0 spiro atoms. The third-order valence-electron chi connectivity index (χ3n) is 3.48. The lowest BCUT2D eigenvalue weighted by molar-refractivity contribution is 0.0971. The van der Waals surface area contributed by atoms with Crippen LogP contribution in [0.5, 0.6) is 0 Å². The van der Waals surface area contributed by atoms with Crippen LogP contribution >= 0.6 is 22.6 Å². The van der Waals surface area contributed by atoms with E-state index in [0.717, 1.165) is 9.13 Å². The molecule has 2 rings (SSSR count). The summed E-state index contributed by atoms with van der Waals surface area (Å²) >= 11 is 2.18. The molecule has 0 aliphatic carbocycles. The van der Waals surface area contributed by atoms with E-state index < -0.39 is 11.8 Å². The summed E-state index contributed by atoms with van der Waals surface area (Å²) in [6.45, 7) is 0. The van der Waals surface area contributed by atoms with Crippen LogP contribution < -0.4 is 0 Å². The van der Waals surface area contributed by atoms with Crippen molar-refractivity contribution in [3.8, 4) is 12.1 Å². The van der Waals surface area contributed by atoms with E-state index in [0.29, 0.717) is 5.56 Å². The average Bonchev–Trinajstić information content (AvgIpc) is 2.56. The lowest BCUT2D eigenvalue weighted by Gasteiger charge is -2.17. The van der Waals surface area contributed by atoms with Crippen LogP contribution in [-0.2, 0) is 0 Å². The van der Waals surface area contributed by atoms with Crippen LogP contribution in [0.2, 0.25) is 0 Å². The maximum absolute atomic E-state index is 12.5. The lowest BCUT2D eigenvalue weighted by atomic mass is 9.83. The van der Waals surface area contributed by atoms with E-state index in [-0.39, 0.29) is 12.2 Å². The number of ketones is 1. The van der Waals surface area contributed by atoms with E-state index in [9.17, 15) is 15.3 Å². The smallest absolute Gasteiger partial charge is 0.163 e. The van der Waals surface area contributed by atoms with Gasteiger partial charge in [0.15, 0.2) is 5.78 Å².